The Balaban J connectivity index is 1.95. The number of ether oxygens (including phenoxy) is 1. The van der Waals surface area contributed by atoms with Crippen LogP contribution in [0.1, 0.15) is 19.8 Å². The molecule has 100 valence electrons. The minimum atomic E-state index is -0.216. The first-order valence-electron chi connectivity index (χ1n) is 6.31. The number of rotatable bonds is 7. The maximum absolute atomic E-state index is 9.56. The third-order valence-electron chi connectivity index (χ3n) is 3.09. The quantitative estimate of drug-likeness (QED) is 0.744. The highest BCUT2D eigenvalue weighted by Crippen LogP contribution is 2.32. The van der Waals surface area contributed by atoms with Crippen molar-refractivity contribution < 1.29 is 9.84 Å². The maximum Gasteiger partial charge on any atom is 0.132 e. The van der Waals surface area contributed by atoms with Gasteiger partial charge in [-0.2, -0.15) is 0 Å². The van der Waals surface area contributed by atoms with E-state index in [9.17, 15) is 5.11 Å². The Hall–Kier alpha value is -0.710. The molecule has 2 rings (SSSR count). The number of hydrogen-bond donors (Lipinski definition) is 2. The minimum absolute atomic E-state index is 0.158. The number of para-hydroxylation sites is 1. The third kappa shape index (κ3) is 3.64. The van der Waals surface area contributed by atoms with Crippen LogP contribution in [0.4, 0.5) is 0 Å². The second kappa shape index (κ2) is 5.95. The van der Waals surface area contributed by atoms with Crippen LogP contribution >= 0.6 is 11.8 Å². The summed E-state index contributed by atoms with van der Waals surface area (Å²) in [6, 6.07) is 8.60. The standard InChI is InChI=1S/C14H21NO2S/c1-14(9-16,15-11-7-8-11)10-18-13-6-4-3-5-12(13)17-2/h3-6,11,15-16H,7-10H2,1-2H3. The van der Waals surface area contributed by atoms with E-state index in [1.54, 1.807) is 18.9 Å². The lowest BCUT2D eigenvalue weighted by atomic mass is 10.1. The Morgan fingerprint density at radius 2 is 2.17 bits per heavy atom. The van der Waals surface area contributed by atoms with Crippen molar-refractivity contribution in [3.63, 3.8) is 0 Å². The van der Waals surface area contributed by atoms with Crippen molar-refractivity contribution in [2.45, 2.75) is 36.2 Å². The normalized spacial score (nSPS) is 18.4. The molecule has 0 saturated heterocycles. The van der Waals surface area contributed by atoms with Gasteiger partial charge in [0.25, 0.3) is 0 Å². The molecule has 1 atom stereocenters. The van der Waals surface area contributed by atoms with E-state index in [-0.39, 0.29) is 12.1 Å². The van der Waals surface area contributed by atoms with Gasteiger partial charge in [0.05, 0.1) is 13.7 Å². The number of hydrogen-bond acceptors (Lipinski definition) is 4. The molecule has 0 aliphatic heterocycles. The fourth-order valence-electron chi connectivity index (χ4n) is 1.83. The van der Waals surface area contributed by atoms with Gasteiger partial charge in [-0.25, -0.2) is 0 Å². The summed E-state index contributed by atoms with van der Waals surface area (Å²) >= 11 is 1.73. The van der Waals surface area contributed by atoms with Crippen LogP contribution in [0, 0.1) is 0 Å². The van der Waals surface area contributed by atoms with Gasteiger partial charge in [0.2, 0.25) is 0 Å². The zero-order valence-corrected chi connectivity index (χ0v) is 11.8. The van der Waals surface area contributed by atoms with Crippen LogP contribution in [0.2, 0.25) is 0 Å². The molecule has 0 aromatic heterocycles. The van der Waals surface area contributed by atoms with E-state index >= 15 is 0 Å². The van der Waals surface area contributed by atoms with E-state index in [4.69, 9.17) is 4.74 Å². The van der Waals surface area contributed by atoms with Crippen molar-refractivity contribution in [2.75, 3.05) is 19.5 Å². The van der Waals surface area contributed by atoms with E-state index in [2.05, 4.69) is 18.3 Å². The highest BCUT2D eigenvalue weighted by Gasteiger charge is 2.32. The summed E-state index contributed by atoms with van der Waals surface area (Å²) in [6.07, 6.45) is 2.46. The Kier molecular flexibility index (Phi) is 4.54. The Labute approximate surface area is 113 Å². The highest BCUT2D eigenvalue weighted by atomic mass is 32.2. The lowest BCUT2D eigenvalue weighted by molar-refractivity contribution is 0.190. The van der Waals surface area contributed by atoms with E-state index in [1.165, 1.54) is 12.8 Å². The molecule has 1 aliphatic carbocycles. The van der Waals surface area contributed by atoms with E-state index in [1.807, 2.05) is 18.2 Å². The molecule has 2 N–H and O–H groups in total. The van der Waals surface area contributed by atoms with Crippen LogP contribution in [-0.4, -0.2) is 36.2 Å². The molecule has 18 heavy (non-hydrogen) atoms. The number of benzene rings is 1. The minimum Gasteiger partial charge on any atom is -0.496 e. The molecule has 1 fully saturated rings. The molecule has 1 aromatic carbocycles. The molecule has 0 amide bonds. The molecular formula is C14H21NO2S. The molecule has 1 aromatic rings. The van der Waals surface area contributed by atoms with Gasteiger partial charge in [-0.15, -0.1) is 11.8 Å². The summed E-state index contributed by atoms with van der Waals surface area (Å²) in [7, 11) is 1.69. The van der Waals surface area contributed by atoms with E-state index in [0.29, 0.717) is 6.04 Å². The summed E-state index contributed by atoms with van der Waals surface area (Å²) in [5.41, 5.74) is -0.216. The zero-order chi connectivity index (χ0) is 13.0. The molecule has 0 heterocycles. The zero-order valence-electron chi connectivity index (χ0n) is 11.0. The summed E-state index contributed by atoms with van der Waals surface area (Å²) in [5, 5.41) is 13.1. The molecule has 3 nitrogen and oxygen atoms in total. The van der Waals surface area contributed by atoms with Crippen LogP contribution in [-0.2, 0) is 0 Å². The lowest BCUT2D eigenvalue weighted by Gasteiger charge is -2.28. The van der Waals surface area contributed by atoms with Crippen molar-refractivity contribution in [1.82, 2.24) is 5.32 Å². The molecule has 0 spiro atoms. The van der Waals surface area contributed by atoms with E-state index < -0.39 is 0 Å². The number of nitrogens with one attached hydrogen (secondary N) is 1. The average molecular weight is 267 g/mol. The summed E-state index contributed by atoms with van der Waals surface area (Å²) in [5.74, 6) is 1.73. The average Bonchev–Trinajstić information content (AvgIpc) is 3.20. The van der Waals surface area contributed by atoms with Gasteiger partial charge in [-0.05, 0) is 31.9 Å². The first kappa shape index (κ1) is 13.7. The first-order chi connectivity index (χ1) is 8.67. The highest BCUT2D eigenvalue weighted by molar-refractivity contribution is 7.99. The second-order valence-electron chi connectivity index (χ2n) is 5.08. The van der Waals surface area contributed by atoms with Gasteiger partial charge in [0, 0.05) is 22.2 Å². The van der Waals surface area contributed by atoms with Gasteiger partial charge in [0.15, 0.2) is 0 Å². The van der Waals surface area contributed by atoms with Gasteiger partial charge < -0.3 is 15.2 Å². The molecular weight excluding hydrogens is 246 g/mol. The number of aliphatic hydroxyl groups is 1. The Morgan fingerprint density at radius 1 is 1.44 bits per heavy atom. The number of aliphatic hydroxyl groups excluding tert-OH is 1. The van der Waals surface area contributed by atoms with Crippen molar-refractivity contribution in [1.29, 1.82) is 0 Å². The Bertz CT molecular complexity index is 395. The first-order valence-corrected chi connectivity index (χ1v) is 7.30. The summed E-state index contributed by atoms with van der Waals surface area (Å²) in [6.45, 7) is 2.24. The van der Waals surface area contributed by atoms with Crippen molar-refractivity contribution in [3.05, 3.63) is 24.3 Å². The smallest absolute Gasteiger partial charge is 0.132 e. The lowest BCUT2D eigenvalue weighted by Crippen LogP contribution is -2.49. The number of thioether (sulfide) groups is 1. The molecule has 1 aliphatic rings. The van der Waals surface area contributed by atoms with E-state index in [0.717, 1.165) is 16.4 Å². The maximum atomic E-state index is 9.56. The monoisotopic (exact) mass is 267 g/mol. The van der Waals surface area contributed by atoms with Gasteiger partial charge in [-0.3, -0.25) is 0 Å². The van der Waals surface area contributed by atoms with Crippen molar-refractivity contribution in [2.24, 2.45) is 0 Å². The number of methoxy groups -OCH3 is 1. The van der Waals surface area contributed by atoms with Crippen LogP contribution in [0.25, 0.3) is 0 Å². The topological polar surface area (TPSA) is 41.5 Å². The fraction of sp³-hybridized carbons (Fsp3) is 0.571. The predicted molar refractivity (Wildman–Crippen MR) is 75.4 cm³/mol. The van der Waals surface area contributed by atoms with Crippen LogP contribution < -0.4 is 10.1 Å². The van der Waals surface area contributed by atoms with Crippen LogP contribution in [0.5, 0.6) is 5.75 Å². The summed E-state index contributed by atoms with van der Waals surface area (Å²) < 4.78 is 5.33. The van der Waals surface area contributed by atoms with Crippen LogP contribution in [0.3, 0.4) is 0 Å². The molecule has 0 bridgehead atoms. The van der Waals surface area contributed by atoms with Crippen LogP contribution in [0.15, 0.2) is 29.2 Å². The third-order valence-corrected chi connectivity index (χ3v) is 4.52. The molecule has 4 heteroatoms. The van der Waals surface area contributed by atoms with Gasteiger partial charge >= 0.3 is 0 Å². The fourth-order valence-corrected chi connectivity index (χ4v) is 2.95. The predicted octanol–water partition coefficient (Wildman–Crippen LogP) is 2.29. The molecule has 1 saturated carbocycles. The SMILES string of the molecule is COc1ccccc1SCC(C)(CO)NC1CC1. The Morgan fingerprint density at radius 3 is 2.78 bits per heavy atom. The summed E-state index contributed by atoms with van der Waals surface area (Å²) in [4.78, 5) is 1.12. The largest absolute Gasteiger partial charge is 0.496 e. The molecule has 0 radical (unpaired) electrons. The van der Waals surface area contributed by atoms with Gasteiger partial charge in [0.1, 0.15) is 5.75 Å². The van der Waals surface area contributed by atoms with Crippen molar-refractivity contribution >= 4 is 11.8 Å². The van der Waals surface area contributed by atoms with Crippen molar-refractivity contribution in [3.8, 4) is 5.75 Å². The van der Waals surface area contributed by atoms with Gasteiger partial charge in [-0.1, -0.05) is 12.1 Å². The second-order valence-corrected chi connectivity index (χ2v) is 6.09. The molecule has 1 unspecified atom stereocenters.